The minimum atomic E-state index is -2.91. The van der Waals surface area contributed by atoms with E-state index in [4.69, 9.17) is 5.26 Å². The molecule has 0 saturated carbocycles. The zero-order valence-corrected chi connectivity index (χ0v) is 7.07. The molecule has 1 heterocycles. The third-order valence-corrected chi connectivity index (χ3v) is 1.38. The number of nitriles is 1. The highest BCUT2D eigenvalue weighted by Gasteiger charge is 2.04. The number of hydrogen-bond donors (Lipinski definition) is 1. The minimum absolute atomic E-state index is 0.0862. The van der Waals surface area contributed by atoms with Crippen LogP contribution in [0, 0.1) is 16.0 Å². The molecule has 0 unspecified atom stereocenters. The highest BCUT2D eigenvalue weighted by atomic mass is 32.1. The van der Waals surface area contributed by atoms with Crippen LogP contribution in [-0.4, -0.2) is 11.6 Å². The number of aromatic amines is 1. The van der Waals surface area contributed by atoms with Gasteiger partial charge in [0.25, 0.3) is 0 Å². The van der Waals surface area contributed by atoms with Crippen molar-refractivity contribution in [2.45, 2.75) is 6.61 Å². The lowest BCUT2D eigenvalue weighted by Crippen LogP contribution is -2.02. The van der Waals surface area contributed by atoms with Gasteiger partial charge in [0.15, 0.2) is 0 Å². The van der Waals surface area contributed by atoms with Crippen LogP contribution in [0.1, 0.15) is 5.69 Å². The van der Waals surface area contributed by atoms with Gasteiger partial charge in [0.05, 0.1) is 0 Å². The SMILES string of the molecule is N#Cc1cc(OC(F)F)cc(=S)[nH]1. The number of alkyl halides is 2. The first-order valence-corrected chi connectivity index (χ1v) is 3.62. The number of rotatable bonds is 2. The van der Waals surface area contributed by atoms with Gasteiger partial charge in [-0.15, -0.1) is 0 Å². The van der Waals surface area contributed by atoms with Crippen molar-refractivity contribution in [3.05, 3.63) is 22.5 Å². The van der Waals surface area contributed by atoms with Crippen LogP contribution in [0.25, 0.3) is 0 Å². The van der Waals surface area contributed by atoms with Gasteiger partial charge in [0.1, 0.15) is 22.2 Å². The average Bonchev–Trinajstić information content (AvgIpc) is 2.01. The molecule has 0 bridgehead atoms. The lowest BCUT2D eigenvalue weighted by atomic mass is 10.3. The molecule has 0 radical (unpaired) electrons. The summed E-state index contributed by atoms with van der Waals surface area (Å²) >= 11 is 4.67. The molecule has 0 aliphatic heterocycles. The molecule has 0 atom stereocenters. The maximum absolute atomic E-state index is 11.7. The minimum Gasteiger partial charge on any atom is -0.435 e. The number of nitrogens with zero attached hydrogens (tertiary/aromatic N) is 1. The van der Waals surface area contributed by atoms with E-state index in [9.17, 15) is 8.78 Å². The maximum Gasteiger partial charge on any atom is 0.387 e. The second kappa shape index (κ2) is 3.96. The molecule has 0 aliphatic rings. The zero-order valence-electron chi connectivity index (χ0n) is 6.25. The standard InChI is InChI=1S/C7H4F2N2OS/c8-7(9)12-5-1-4(3-10)11-6(13)2-5/h1-2,7H,(H,11,13). The normalized spacial score (nSPS) is 9.69. The molecule has 0 saturated heterocycles. The number of H-pyrrole nitrogens is 1. The Morgan fingerprint density at radius 3 is 2.77 bits per heavy atom. The Kier molecular flexibility index (Phi) is 2.93. The van der Waals surface area contributed by atoms with Crippen LogP contribution in [0.3, 0.4) is 0 Å². The van der Waals surface area contributed by atoms with Crippen molar-refractivity contribution in [3.8, 4) is 11.8 Å². The topological polar surface area (TPSA) is 48.8 Å². The quantitative estimate of drug-likeness (QED) is 0.748. The summed E-state index contributed by atoms with van der Waals surface area (Å²) < 4.78 is 27.7. The smallest absolute Gasteiger partial charge is 0.387 e. The second-order valence-corrected chi connectivity index (χ2v) is 2.52. The van der Waals surface area contributed by atoms with Gasteiger partial charge >= 0.3 is 6.61 Å². The van der Waals surface area contributed by atoms with Gasteiger partial charge < -0.3 is 9.72 Å². The van der Waals surface area contributed by atoms with Gasteiger partial charge in [0, 0.05) is 12.1 Å². The molecular weight excluding hydrogens is 198 g/mol. The first kappa shape index (κ1) is 9.61. The predicted molar refractivity (Wildman–Crippen MR) is 43.0 cm³/mol. The summed E-state index contributed by atoms with van der Waals surface area (Å²) in [4.78, 5) is 2.50. The van der Waals surface area contributed by atoms with Crippen molar-refractivity contribution >= 4 is 12.2 Å². The van der Waals surface area contributed by atoms with E-state index in [-0.39, 0.29) is 16.1 Å². The first-order chi connectivity index (χ1) is 6.11. The number of ether oxygens (including phenoxy) is 1. The number of aromatic nitrogens is 1. The molecule has 13 heavy (non-hydrogen) atoms. The van der Waals surface area contributed by atoms with Crippen molar-refractivity contribution in [1.29, 1.82) is 5.26 Å². The Labute approximate surface area is 77.6 Å². The molecular formula is C7H4F2N2OS. The largest absolute Gasteiger partial charge is 0.435 e. The Hall–Kier alpha value is -1.48. The van der Waals surface area contributed by atoms with Gasteiger partial charge in [-0.25, -0.2) is 0 Å². The highest BCUT2D eigenvalue weighted by Crippen LogP contribution is 2.14. The fraction of sp³-hybridized carbons (Fsp3) is 0.143. The van der Waals surface area contributed by atoms with Gasteiger partial charge in [-0.3, -0.25) is 0 Å². The molecule has 3 nitrogen and oxygen atoms in total. The summed E-state index contributed by atoms with van der Waals surface area (Å²) in [6, 6.07) is 4.10. The number of pyridine rings is 1. The molecule has 0 amide bonds. The monoisotopic (exact) mass is 202 g/mol. The molecule has 1 N–H and O–H groups in total. The van der Waals surface area contributed by atoms with Crippen molar-refractivity contribution in [3.63, 3.8) is 0 Å². The number of halogens is 2. The Morgan fingerprint density at radius 2 is 2.23 bits per heavy atom. The fourth-order valence-electron chi connectivity index (χ4n) is 0.749. The lowest BCUT2D eigenvalue weighted by molar-refractivity contribution is -0.0499. The number of nitrogens with one attached hydrogen (secondary N) is 1. The third kappa shape index (κ3) is 2.80. The molecule has 1 aromatic heterocycles. The summed E-state index contributed by atoms with van der Waals surface area (Å²) in [5.41, 5.74) is 0.0862. The van der Waals surface area contributed by atoms with Crippen LogP contribution in [0.4, 0.5) is 8.78 Å². The van der Waals surface area contributed by atoms with Crippen LogP contribution < -0.4 is 4.74 Å². The van der Waals surface area contributed by atoms with Crippen molar-refractivity contribution in [1.82, 2.24) is 4.98 Å². The second-order valence-electron chi connectivity index (χ2n) is 2.08. The Morgan fingerprint density at radius 1 is 1.54 bits per heavy atom. The Balaban J connectivity index is 3.04. The van der Waals surface area contributed by atoms with Crippen LogP contribution >= 0.6 is 12.2 Å². The van der Waals surface area contributed by atoms with E-state index in [0.717, 1.165) is 6.07 Å². The van der Waals surface area contributed by atoms with Crippen molar-refractivity contribution in [2.24, 2.45) is 0 Å². The molecule has 68 valence electrons. The zero-order chi connectivity index (χ0) is 9.84. The highest BCUT2D eigenvalue weighted by molar-refractivity contribution is 7.71. The average molecular weight is 202 g/mol. The summed E-state index contributed by atoms with van der Waals surface area (Å²) in [5.74, 6) is -0.115. The number of hydrogen-bond acceptors (Lipinski definition) is 3. The van der Waals surface area contributed by atoms with Gasteiger partial charge in [0.2, 0.25) is 0 Å². The molecule has 0 aromatic carbocycles. The van der Waals surface area contributed by atoms with E-state index >= 15 is 0 Å². The van der Waals surface area contributed by atoms with E-state index in [2.05, 4.69) is 21.9 Å². The molecule has 1 aromatic rings. The predicted octanol–water partition coefficient (Wildman–Crippen LogP) is 2.22. The van der Waals surface area contributed by atoms with Crippen LogP contribution in [0.2, 0.25) is 0 Å². The van der Waals surface area contributed by atoms with Gasteiger partial charge in [-0.1, -0.05) is 12.2 Å². The van der Waals surface area contributed by atoms with Gasteiger partial charge in [-0.05, 0) is 0 Å². The summed E-state index contributed by atoms with van der Waals surface area (Å²) in [6.45, 7) is -2.91. The van der Waals surface area contributed by atoms with E-state index in [0.29, 0.717) is 0 Å². The molecule has 0 spiro atoms. The third-order valence-electron chi connectivity index (χ3n) is 1.16. The van der Waals surface area contributed by atoms with E-state index in [1.807, 2.05) is 0 Å². The lowest BCUT2D eigenvalue weighted by Gasteiger charge is -2.03. The van der Waals surface area contributed by atoms with Crippen LogP contribution in [0.5, 0.6) is 5.75 Å². The summed E-state index contributed by atoms with van der Waals surface area (Å²) in [5, 5.41) is 8.45. The Bertz CT molecular complexity index is 396. The summed E-state index contributed by atoms with van der Waals surface area (Å²) in [7, 11) is 0. The maximum atomic E-state index is 11.7. The van der Waals surface area contributed by atoms with Gasteiger partial charge in [-0.2, -0.15) is 14.0 Å². The summed E-state index contributed by atoms with van der Waals surface area (Å²) in [6.07, 6.45) is 0. The van der Waals surface area contributed by atoms with E-state index in [1.54, 1.807) is 6.07 Å². The molecule has 1 rings (SSSR count). The molecule has 0 fully saturated rings. The van der Waals surface area contributed by atoms with E-state index < -0.39 is 6.61 Å². The van der Waals surface area contributed by atoms with Crippen LogP contribution in [-0.2, 0) is 0 Å². The fourth-order valence-corrected chi connectivity index (χ4v) is 0.975. The van der Waals surface area contributed by atoms with Crippen LogP contribution in [0.15, 0.2) is 12.1 Å². The van der Waals surface area contributed by atoms with Crippen molar-refractivity contribution in [2.75, 3.05) is 0 Å². The first-order valence-electron chi connectivity index (χ1n) is 3.21. The molecule has 0 aliphatic carbocycles. The van der Waals surface area contributed by atoms with Crippen molar-refractivity contribution < 1.29 is 13.5 Å². The molecule has 6 heteroatoms. The van der Waals surface area contributed by atoms with E-state index in [1.165, 1.54) is 6.07 Å².